The van der Waals surface area contributed by atoms with Crippen molar-refractivity contribution in [3.63, 3.8) is 0 Å². The molecule has 0 aromatic rings. The molecule has 0 aromatic heterocycles. The van der Waals surface area contributed by atoms with Gasteiger partial charge in [0.25, 0.3) is 0 Å². The van der Waals surface area contributed by atoms with Crippen LogP contribution in [0.2, 0.25) is 0 Å². The first-order valence-electron chi connectivity index (χ1n) is 60.1. The van der Waals surface area contributed by atoms with Crippen molar-refractivity contribution in [2.45, 2.75) is 577 Å². The number of hydrogen-bond donors (Lipinski definition) is 0. The average Bonchev–Trinajstić information content (AvgIpc) is 0.816. The van der Waals surface area contributed by atoms with Gasteiger partial charge in [-0.25, -0.2) is 50.0 Å². The predicted molar refractivity (Wildman–Crippen MR) is 653 cm³/mol. The first kappa shape index (κ1) is 149. The van der Waals surface area contributed by atoms with E-state index in [0.717, 1.165) is 549 Å². The molecule has 0 saturated heterocycles. The Hall–Kier alpha value is 3.12. The molecule has 0 saturated carbocycles. The Bertz CT molecular complexity index is 2270. The van der Waals surface area contributed by atoms with Crippen molar-refractivity contribution in [2.75, 3.05) is 138 Å². The summed E-state index contributed by atoms with van der Waals surface area (Å²) in [4.78, 5) is 0. The van der Waals surface area contributed by atoms with Crippen molar-refractivity contribution >= 4 is 114 Å². The van der Waals surface area contributed by atoms with Crippen LogP contribution in [-0.4, -0.2) is 138 Å². The van der Waals surface area contributed by atoms with Crippen molar-refractivity contribution < 1.29 is 66.8 Å². The van der Waals surface area contributed by atoms with E-state index in [-0.39, 0.29) is 0 Å². The van der Waals surface area contributed by atoms with Crippen LogP contribution in [0.5, 0.6) is 0 Å². The molecule has 0 bridgehead atoms. The molecular formula is C112H248F4O12P4S8. The topological polar surface area (TPSA) is 142 Å². The second kappa shape index (κ2) is 96.7. The minimum absolute atomic E-state index is 0.858. The SMILES string of the molecule is CCCCCS(CCCC)(CCCCC)OP(=O)(F)OS(CCCC)(CCCCC)CCCCC.CCCCCS(CCCC)(CCCCC)OP(=O)(F)OS(CCCC)(CCCCC)CCCCC.CCCCCS(CCCC)(CCCCC)OP(=O)(F)OS(CCCC)(CCCCC)CCCCC.CCCCCS(CCCC)(CCCCC)OP(=O)(F)OS(CCCC)(CCCCC)CCCCC. The number of unbranched alkanes of at least 4 members (excludes halogenated alkanes) is 40. The van der Waals surface area contributed by atoms with Gasteiger partial charge in [0.2, 0.25) is 0 Å². The Morgan fingerprint density at radius 2 is 0.171 bits per heavy atom. The lowest BCUT2D eigenvalue weighted by molar-refractivity contribution is 0.361. The van der Waals surface area contributed by atoms with E-state index in [0.29, 0.717) is 0 Å². The summed E-state index contributed by atoms with van der Waals surface area (Å²) in [5.74, 6) is 20.7. The zero-order valence-corrected chi connectivity index (χ0v) is 108. The predicted octanol–water partition coefficient (Wildman–Crippen LogP) is 47.6. The largest absolute Gasteiger partial charge is 0.532 e. The highest BCUT2D eigenvalue weighted by Gasteiger charge is 2.47. The van der Waals surface area contributed by atoms with Gasteiger partial charge in [-0.15, -0.1) is 99.3 Å². The molecule has 0 N–H and O–H groups in total. The molecule has 0 aliphatic rings. The lowest BCUT2D eigenvalue weighted by Gasteiger charge is -2.44. The molecule has 0 aliphatic carbocycles. The van der Waals surface area contributed by atoms with Gasteiger partial charge in [-0.1, -0.05) is 423 Å². The Balaban J connectivity index is -0.000000881. The van der Waals surface area contributed by atoms with Crippen molar-refractivity contribution in [3.8, 4) is 0 Å². The molecule has 0 rings (SSSR count). The molecule has 0 aromatic carbocycles. The van der Waals surface area contributed by atoms with E-state index in [1.54, 1.807) is 0 Å². The maximum absolute atomic E-state index is 16.1. The van der Waals surface area contributed by atoms with E-state index in [1.807, 2.05) is 0 Å². The zero-order valence-electron chi connectivity index (χ0n) is 97.7. The quantitative estimate of drug-likeness (QED) is 0.0325. The van der Waals surface area contributed by atoms with Gasteiger partial charge < -0.3 is 0 Å². The zero-order chi connectivity index (χ0) is 106. The average molecular weight is 2240 g/mol. The third-order valence-electron chi connectivity index (χ3n) is 26.9. The second-order valence-electron chi connectivity index (χ2n) is 41.1. The summed E-state index contributed by atoms with van der Waals surface area (Å²) in [5, 5.41) is 0. The normalized spacial score (nSPS) is 13.9. The molecule has 0 aliphatic heterocycles. The summed E-state index contributed by atoms with van der Waals surface area (Å²) in [6.45, 7) is 52.6. The van der Waals surface area contributed by atoms with Crippen LogP contribution in [0.25, 0.3) is 0 Å². The summed E-state index contributed by atoms with van der Waals surface area (Å²) in [7, 11) is -32.6. The molecular weight excluding hydrogens is 1990 g/mol. The van der Waals surface area contributed by atoms with Gasteiger partial charge >= 0.3 is 31.6 Å². The summed E-state index contributed by atoms with van der Waals surface area (Å²) in [5.41, 5.74) is 0. The van der Waals surface area contributed by atoms with Crippen molar-refractivity contribution in [3.05, 3.63) is 0 Å². The molecule has 0 unspecified atom stereocenters. The molecule has 0 fully saturated rings. The highest BCUT2D eigenvalue weighted by Crippen LogP contribution is 2.78. The summed E-state index contributed by atoms with van der Waals surface area (Å²) < 4.78 is 169. The number of hydrogen-bond acceptors (Lipinski definition) is 12. The van der Waals surface area contributed by atoms with Gasteiger partial charge in [0.15, 0.2) is 0 Å². The van der Waals surface area contributed by atoms with Gasteiger partial charge in [-0.05, 0) is 292 Å². The molecule has 0 amide bonds. The van der Waals surface area contributed by atoms with Crippen LogP contribution in [-0.2, 0) is 50.0 Å². The molecule has 0 radical (unpaired) electrons. The Kier molecular flexibility index (Phi) is 103. The fourth-order valence-corrected chi connectivity index (χ4v) is 61.6. The standard InChI is InChI=1S/4C28H62FO3PS2/c4*1-7-13-19-25-34(23-17-11-5,26-20-14-8-2)31-33(29,30)32-35(24-18-12-6,27-21-15-9-3)28-22-16-10-4/h4*7-28H2,1-6H3. The highest BCUT2D eigenvalue weighted by molar-refractivity contribution is 8.35. The highest BCUT2D eigenvalue weighted by atomic mass is 32.3. The first-order valence-corrected chi connectivity index (χ1v) is 82.4. The minimum atomic E-state index is -4.64. The van der Waals surface area contributed by atoms with Crippen molar-refractivity contribution in [1.82, 2.24) is 0 Å². The smallest absolute Gasteiger partial charge is 0.233 e. The van der Waals surface area contributed by atoms with Crippen LogP contribution >= 0.6 is 114 Å². The monoisotopic (exact) mass is 2240 g/mol. The lowest BCUT2D eigenvalue weighted by atomic mass is 10.3. The molecule has 28 heteroatoms. The van der Waals surface area contributed by atoms with Gasteiger partial charge in [0.05, 0.1) is 0 Å². The third-order valence-corrected chi connectivity index (χ3v) is 67.5. The third kappa shape index (κ3) is 79.1. The van der Waals surface area contributed by atoms with Gasteiger partial charge in [0.1, 0.15) is 0 Å². The van der Waals surface area contributed by atoms with Crippen LogP contribution < -0.4 is 0 Å². The Morgan fingerprint density at radius 3 is 0.229 bits per heavy atom. The van der Waals surface area contributed by atoms with Crippen LogP contribution in [0.4, 0.5) is 16.8 Å². The van der Waals surface area contributed by atoms with Crippen LogP contribution in [0.15, 0.2) is 0 Å². The van der Waals surface area contributed by atoms with Crippen molar-refractivity contribution in [2.24, 2.45) is 0 Å². The van der Waals surface area contributed by atoms with E-state index < -0.39 is 114 Å². The summed E-state index contributed by atoms with van der Waals surface area (Å²) in [6.07, 6.45) is 68.9. The molecule has 0 heterocycles. The molecule has 140 heavy (non-hydrogen) atoms. The van der Waals surface area contributed by atoms with E-state index in [1.165, 1.54) is 0 Å². The maximum atomic E-state index is 16.1. The Labute approximate surface area is 888 Å². The molecule has 864 valence electrons. The van der Waals surface area contributed by atoms with E-state index in [9.17, 15) is 18.3 Å². The number of rotatable bonds is 104. The van der Waals surface area contributed by atoms with Crippen LogP contribution in [0.1, 0.15) is 577 Å². The summed E-state index contributed by atoms with van der Waals surface area (Å²) in [6, 6.07) is 0. The number of halogens is 4. The van der Waals surface area contributed by atoms with Crippen molar-refractivity contribution in [1.29, 1.82) is 0 Å². The lowest BCUT2D eigenvalue weighted by Crippen LogP contribution is -2.20. The maximum Gasteiger partial charge on any atom is 0.532 e. The fraction of sp³-hybridized carbons (Fsp3) is 1.00. The first-order chi connectivity index (χ1) is 67.1. The molecule has 0 atom stereocenters. The van der Waals surface area contributed by atoms with Gasteiger partial charge in [-0.3, -0.25) is 0 Å². The van der Waals surface area contributed by atoms with Gasteiger partial charge in [-0.2, -0.15) is 0 Å². The molecule has 12 nitrogen and oxygen atoms in total. The van der Waals surface area contributed by atoms with Crippen LogP contribution in [0, 0.1) is 0 Å². The van der Waals surface area contributed by atoms with E-state index >= 15 is 16.8 Å². The Morgan fingerprint density at radius 1 is 0.114 bits per heavy atom. The van der Waals surface area contributed by atoms with E-state index in [2.05, 4.69) is 166 Å². The molecule has 0 spiro atoms. The fourth-order valence-electron chi connectivity index (χ4n) is 18.0. The van der Waals surface area contributed by atoms with E-state index in [4.69, 9.17) is 31.8 Å². The van der Waals surface area contributed by atoms with Crippen LogP contribution in [0.3, 0.4) is 0 Å². The summed E-state index contributed by atoms with van der Waals surface area (Å²) >= 11 is 0. The van der Waals surface area contributed by atoms with Gasteiger partial charge in [0, 0.05) is 0 Å². The minimum Gasteiger partial charge on any atom is -0.233 e. The second-order valence-corrected chi connectivity index (χ2v) is 74.6.